The van der Waals surface area contributed by atoms with Gasteiger partial charge in [0, 0.05) is 6.42 Å². The van der Waals surface area contributed by atoms with E-state index < -0.39 is 11.0 Å². The van der Waals surface area contributed by atoms with E-state index in [0.717, 1.165) is 56.1 Å². The summed E-state index contributed by atoms with van der Waals surface area (Å²) >= 11 is 0. The summed E-state index contributed by atoms with van der Waals surface area (Å²) < 4.78 is 0. The number of aliphatic hydroxyl groups is 1. The monoisotopic (exact) mass is 587 g/mol. The number of Topliss-reactive ketones (excluding diaryl/α,β-unsaturated/α-hetero) is 1. The Morgan fingerprint density at radius 1 is 0.884 bits per heavy atom. The van der Waals surface area contributed by atoms with Gasteiger partial charge >= 0.3 is 0 Å². The molecule has 0 unspecified atom stereocenters. The number of aliphatic hydroxyl groups excluding tert-OH is 1. The number of hydrogen-bond donors (Lipinski definition) is 2. The Labute approximate surface area is 260 Å². The smallest absolute Gasteiger partial charge is 0.231 e. The quantitative estimate of drug-likeness (QED) is 0.372. The Morgan fingerprint density at radius 3 is 2.21 bits per heavy atom. The van der Waals surface area contributed by atoms with Crippen LogP contribution in [0.3, 0.4) is 0 Å². The maximum atomic E-state index is 14.7. The van der Waals surface area contributed by atoms with Crippen LogP contribution in [-0.4, -0.2) is 22.9 Å². The summed E-state index contributed by atoms with van der Waals surface area (Å²) in [6.45, 7) is 20.8. The molecule has 0 radical (unpaired) electrons. The summed E-state index contributed by atoms with van der Waals surface area (Å²) in [4.78, 5) is 28.6. The molecule has 0 saturated heterocycles. The van der Waals surface area contributed by atoms with Crippen molar-refractivity contribution < 1.29 is 14.7 Å². The van der Waals surface area contributed by atoms with Gasteiger partial charge in [-0.25, -0.2) is 0 Å². The molecule has 236 valence electrons. The van der Waals surface area contributed by atoms with Gasteiger partial charge in [-0.05, 0) is 127 Å². The molecule has 1 aromatic rings. The first-order chi connectivity index (χ1) is 20.0. The van der Waals surface area contributed by atoms with E-state index in [1.165, 1.54) is 12.0 Å². The summed E-state index contributed by atoms with van der Waals surface area (Å²) in [6, 6.07) is 10.2. The van der Waals surface area contributed by atoms with Crippen LogP contribution in [0.1, 0.15) is 126 Å². The highest BCUT2D eigenvalue weighted by molar-refractivity contribution is 6.07. The molecule has 0 spiro atoms. The van der Waals surface area contributed by atoms with Crippen LogP contribution in [0.5, 0.6) is 0 Å². The van der Waals surface area contributed by atoms with Crippen LogP contribution in [0.25, 0.3) is 0 Å². The van der Waals surface area contributed by atoms with Crippen molar-refractivity contribution in [3.63, 3.8) is 0 Å². The molecule has 4 fully saturated rings. The summed E-state index contributed by atoms with van der Waals surface area (Å²) in [6.07, 6.45) is 8.35. The Kier molecular flexibility index (Phi) is 7.06. The Balaban J connectivity index is 1.41. The fourth-order valence-corrected chi connectivity index (χ4v) is 12.2. The SMILES string of the molecule is CC(C)C1=C2[C@H]3CC[C@@H]4[C@@]5(C)CC[C@H](O)C(C)(C)[C@@H]5CC[C@@]4(C)[C@]3(C)CC[C@@]2(C(=O)NC(C)(C)c2ccccc2)CC1=O. The molecule has 5 aliphatic carbocycles. The van der Waals surface area contributed by atoms with Gasteiger partial charge in [0.15, 0.2) is 5.78 Å². The number of nitrogens with one attached hydrogen (secondary N) is 1. The van der Waals surface area contributed by atoms with Crippen molar-refractivity contribution in [1.29, 1.82) is 0 Å². The van der Waals surface area contributed by atoms with E-state index in [1.807, 2.05) is 18.2 Å². The number of amides is 1. The molecular formula is C39H57NO3. The number of benzene rings is 1. The van der Waals surface area contributed by atoms with Crippen molar-refractivity contribution >= 4 is 11.7 Å². The molecule has 0 heterocycles. The lowest BCUT2D eigenvalue weighted by Crippen LogP contribution is -2.66. The van der Waals surface area contributed by atoms with E-state index in [1.54, 1.807) is 0 Å². The van der Waals surface area contributed by atoms with E-state index in [0.29, 0.717) is 18.3 Å². The first-order valence-electron chi connectivity index (χ1n) is 17.3. The molecule has 0 bridgehead atoms. The van der Waals surface area contributed by atoms with Gasteiger partial charge in [0.05, 0.1) is 17.1 Å². The molecular weight excluding hydrogens is 530 g/mol. The van der Waals surface area contributed by atoms with Crippen molar-refractivity contribution in [1.82, 2.24) is 5.32 Å². The number of fused-ring (bicyclic) bond motifs is 7. The zero-order valence-electron chi connectivity index (χ0n) is 28.4. The fourth-order valence-electron chi connectivity index (χ4n) is 12.2. The minimum Gasteiger partial charge on any atom is -0.393 e. The van der Waals surface area contributed by atoms with Crippen LogP contribution >= 0.6 is 0 Å². The molecule has 6 rings (SSSR count). The summed E-state index contributed by atoms with van der Waals surface area (Å²) in [5.41, 5.74) is 2.29. The van der Waals surface area contributed by atoms with Gasteiger partial charge in [0.1, 0.15) is 0 Å². The lowest BCUT2D eigenvalue weighted by molar-refractivity contribution is -0.228. The highest BCUT2D eigenvalue weighted by Gasteiger charge is 2.70. The van der Waals surface area contributed by atoms with Gasteiger partial charge < -0.3 is 10.4 Å². The molecule has 1 amide bonds. The summed E-state index contributed by atoms with van der Waals surface area (Å²) in [5, 5.41) is 14.5. The van der Waals surface area contributed by atoms with Crippen LogP contribution in [0, 0.1) is 50.7 Å². The van der Waals surface area contributed by atoms with Crippen LogP contribution < -0.4 is 5.32 Å². The maximum absolute atomic E-state index is 14.7. The Hall–Kier alpha value is -1.94. The first-order valence-corrected chi connectivity index (χ1v) is 17.3. The molecule has 0 aromatic heterocycles. The van der Waals surface area contributed by atoms with Crippen LogP contribution in [-0.2, 0) is 15.1 Å². The summed E-state index contributed by atoms with van der Waals surface area (Å²) in [7, 11) is 0. The predicted octanol–water partition coefficient (Wildman–Crippen LogP) is 8.38. The van der Waals surface area contributed by atoms with E-state index in [-0.39, 0.29) is 51.3 Å². The van der Waals surface area contributed by atoms with Crippen LogP contribution in [0.4, 0.5) is 0 Å². The fraction of sp³-hybridized carbons (Fsp3) is 0.744. The molecule has 4 nitrogen and oxygen atoms in total. The molecule has 5 aliphatic rings. The van der Waals surface area contributed by atoms with Crippen molar-refractivity contribution in [2.24, 2.45) is 50.7 Å². The second-order valence-corrected chi connectivity index (χ2v) is 17.6. The predicted molar refractivity (Wildman–Crippen MR) is 173 cm³/mol. The van der Waals surface area contributed by atoms with Gasteiger partial charge in [-0.2, -0.15) is 0 Å². The summed E-state index contributed by atoms with van der Waals surface area (Å²) in [5.74, 6) is 1.72. The number of allylic oxidation sites excluding steroid dienone is 1. The number of rotatable bonds is 4. The van der Waals surface area contributed by atoms with E-state index in [9.17, 15) is 14.7 Å². The standard InChI is InChI=1S/C39H57NO3/c1-24(2)31-27(41)23-39(33(43)40-35(5,6)25-13-11-10-12-14-25)22-21-37(8)26(32(31)39)15-16-29-36(7)19-18-30(42)34(3,4)28(36)17-20-38(29,37)9/h10-14,24,26,28-30,42H,15-23H2,1-9H3,(H,40,43)/t26-,28+,29-,30+,36+,37-,38-,39-/m1/s1. The van der Waals surface area contributed by atoms with Crippen molar-refractivity contribution in [2.45, 2.75) is 132 Å². The van der Waals surface area contributed by atoms with E-state index >= 15 is 0 Å². The van der Waals surface area contributed by atoms with Crippen molar-refractivity contribution in [2.75, 3.05) is 0 Å². The highest BCUT2D eigenvalue weighted by atomic mass is 16.3. The minimum atomic E-state index is -0.742. The van der Waals surface area contributed by atoms with Gasteiger partial charge in [0.25, 0.3) is 0 Å². The number of carbonyl (C=O) groups excluding carboxylic acids is 2. The minimum absolute atomic E-state index is 0.0307. The van der Waals surface area contributed by atoms with Crippen molar-refractivity contribution in [3.05, 3.63) is 47.0 Å². The third-order valence-corrected chi connectivity index (χ3v) is 14.8. The van der Waals surface area contributed by atoms with Gasteiger partial charge in [-0.1, -0.05) is 78.8 Å². The topological polar surface area (TPSA) is 66.4 Å². The molecule has 2 N–H and O–H groups in total. The lowest BCUT2D eigenvalue weighted by Gasteiger charge is -2.72. The second kappa shape index (κ2) is 9.78. The van der Waals surface area contributed by atoms with Crippen LogP contribution in [0.15, 0.2) is 41.5 Å². The second-order valence-electron chi connectivity index (χ2n) is 17.6. The molecule has 4 heteroatoms. The molecule has 4 saturated carbocycles. The van der Waals surface area contributed by atoms with Gasteiger partial charge in [-0.3, -0.25) is 9.59 Å². The van der Waals surface area contributed by atoms with Crippen LogP contribution in [0.2, 0.25) is 0 Å². The maximum Gasteiger partial charge on any atom is 0.231 e. The molecule has 1 aromatic carbocycles. The number of carbonyl (C=O) groups is 2. The normalized spacial score (nSPS) is 42.2. The molecule has 43 heavy (non-hydrogen) atoms. The van der Waals surface area contributed by atoms with Gasteiger partial charge in [-0.15, -0.1) is 0 Å². The molecule has 8 atom stereocenters. The van der Waals surface area contributed by atoms with E-state index in [4.69, 9.17) is 0 Å². The Morgan fingerprint density at radius 2 is 1.56 bits per heavy atom. The number of hydrogen-bond acceptors (Lipinski definition) is 3. The zero-order chi connectivity index (χ0) is 31.4. The molecule has 0 aliphatic heterocycles. The van der Waals surface area contributed by atoms with Crippen molar-refractivity contribution in [3.8, 4) is 0 Å². The highest BCUT2D eigenvalue weighted by Crippen LogP contribution is 2.76. The first kappa shape index (κ1) is 31.1. The average Bonchev–Trinajstić information content (AvgIpc) is 3.25. The van der Waals surface area contributed by atoms with Gasteiger partial charge in [0.2, 0.25) is 5.91 Å². The average molecular weight is 588 g/mol. The third-order valence-electron chi connectivity index (χ3n) is 14.8. The Bertz CT molecular complexity index is 1340. The zero-order valence-corrected chi connectivity index (χ0v) is 28.4. The number of ketones is 1. The van der Waals surface area contributed by atoms with E-state index in [2.05, 4.69) is 79.8 Å². The third kappa shape index (κ3) is 4.09. The largest absolute Gasteiger partial charge is 0.393 e. The lowest BCUT2D eigenvalue weighted by atomic mass is 9.33.